The molecule has 0 atom stereocenters. The number of fused-ring (bicyclic) bond motifs is 1. The van der Waals surface area contributed by atoms with Gasteiger partial charge in [-0.3, -0.25) is 10.1 Å². The monoisotopic (exact) mass is 348 g/mol. The fraction of sp³-hybridized carbons (Fsp3) is 0.188. The lowest BCUT2D eigenvalue weighted by Crippen LogP contribution is -2.20. The molecule has 1 amide bonds. The molecule has 6 nitrogen and oxygen atoms in total. The Morgan fingerprint density at radius 1 is 1.38 bits per heavy atom. The highest BCUT2D eigenvalue weighted by atomic mass is 32.1. The Bertz CT molecular complexity index is 931. The molecule has 0 unspecified atom stereocenters. The number of aromatic nitrogens is 1. The number of carbonyl (C=O) groups is 2. The van der Waals surface area contributed by atoms with Crippen LogP contribution in [0.4, 0.5) is 9.52 Å². The molecule has 0 aliphatic heterocycles. The number of furan rings is 1. The van der Waals surface area contributed by atoms with Crippen molar-refractivity contribution < 1.29 is 23.1 Å². The normalized spacial score (nSPS) is 10.8. The molecule has 8 heteroatoms. The molecule has 124 valence electrons. The van der Waals surface area contributed by atoms with Crippen molar-refractivity contribution in [1.29, 1.82) is 0 Å². The van der Waals surface area contributed by atoms with E-state index in [9.17, 15) is 14.0 Å². The molecule has 3 rings (SSSR count). The van der Waals surface area contributed by atoms with Gasteiger partial charge in [-0.15, -0.1) is 11.3 Å². The molecule has 0 bridgehead atoms. The van der Waals surface area contributed by atoms with Crippen LogP contribution < -0.4 is 5.32 Å². The van der Waals surface area contributed by atoms with Gasteiger partial charge in [0, 0.05) is 16.3 Å². The van der Waals surface area contributed by atoms with E-state index in [4.69, 9.17) is 9.15 Å². The van der Waals surface area contributed by atoms with E-state index in [0.29, 0.717) is 16.1 Å². The molecular weight excluding hydrogens is 335 g/mol. The number of anilines is 1. The summed E-state index contributed by atoms with van der Waals surface area (Å²) in [6.07, 6.45) is 0. The fourth-order valence-electron chi connectivity index (χ4n) is 2.17. The topological polar surface area (TPSA) is 81.4 Å². The Kier molecular flexibility index (Phi) is 4.30. The zero-order valence-electron chi connectivity index (χ0n) is 12.9. The summed E-state index contributed by atoms with van der Waals surface area (Å²) in [6, 6.07) is 4.41. The highest BCUT2D eigenvalue weighted by molar-refractivity contribution is 7.13. The van der Waals surface area contributed by atoms with Crippen LogP contribution in [0.15, 0.2) is 28.0 Å². The summed E-state index contributed by atoms with van der Waals surface area (Å²) in [4.78, 5) is 27.9. The van der Waals surface area contributed by atoms with E-state index in [1.54, 1.807) is 25.3 Å². The Morgan fingerprint density at radius 2 is 2.17 bits per heavy atom. The zero-order chi connectivity index (χ0) is 17.3. The van der Waals surface area contributed by atoms with E-state index in [2.05, 4.69) is 10.3 Å². The molecular formula is C16H13FN2O4S. The molecule has 24 heavy (non-hydrogen) atoms. The number of hydrogen-bond acceptors (Lipinski definition) is 6. The summed E-state index contributed by atoms with van der Waals surface area (Å²) in [5.74, 6) is -2.02. The van der Waals surface area contributed by atoms with Gasteiger partial charge in [0.05, 0.1) is 5.69 Å². The molecule has 0 fully saturated rings. The number of amides is 1. The van der Waals surface area contributed by atoms with E-state index in [0.717, 1.165) is 5.69 Å². The number of thiazole rings is 1. The van der Waals surface area contributed by atoms with E-state index >= 15 is 0 Å². The lowest BCUT2D eigenvalue weighted by atomic mass is 10.1. The van der Waals surface area contributed by atoms with Crippen molar-refractivity contribution in [3.63, 3.8) is 0 Å². The lowest BCUT2D eigenvalue weighted by Gasteiger charge is -2.03. The maximum absolute atomic E-state index is 13.7. The first-order valence-corrected chi connectivity index (χ1v) is 7.90. The number of ether oxygens (including phenoxy) is 1. The maximum atomic E-state index is 13.7. The minimum Gasteiger partial charge on any atom is -0.450 e. The third-order valence-electron chi connectivity index (χ3n) is 3.30. The van der Waals surface area contributed by atoms with Gasteiger partial charge in [-0.1, -0.05) is 12.1 Å². The van der Waals surface area contributed by atoms with Crippen LogP contribution >= 0.6 is 11.3 Å². The van der Waals surface area contributed by atoms with Gasteiger partial charge in [0.2, 0.25) is 5.76 Å². The Morgan fingerprint density at radius 3 is 2.83 bits per heavy atom. The molecule has 0 saturated carbocycles. The predicted octanol–water partition coefficient (Wildman–Crippen LogP) is 3.44. The predicted molar refractivity (Wildman–Crippen MR) is 86.7 cm³/mol. The smallest absolute Gasteiger partial charge is 0.375 e. The molecule has 0 aliphatic rings. The average Bonchev–Trinajstić information content (AvgIpc) is 3.10. The lowest BCUT2D eigenvalue weighted by molar-refractivity contribution is -0.119. The minimum atomic E-state index is -0.825. The van der Waals surface area contributed by atoms with Crippen molar-refractivity contribution in [3.05, 3.63) is 46.4 Å². The first kappa shape index (κ1) is 16.1. The van der Waals surface area contributed by atoms with Crippen LogP contribution in [0.1, 0.15) is 21.8 Å². The van der Waals surface area contributed by atoms with E-state index in [1.807, 2.05) is 0 Å². The third kappa shape index (κ3) is 3.13. The van der Waals surface area contributed by atoms with Crippen LogP contribution in [0.25, 0.3) is 11.0 Å². The van der Waals surface area contributed by atoms with E-state index in [1.165, 1.54) is 23.5 Å². The Labute approximate surface area is 140 Å². The van der Waals surface area contributed by atoms with Crippen LogP contribution in [0, 0.1) is 19.7 Å². The second-order valence-electron chi connectivity index (χ2n) is 5.09. The van der Waals surface area contributed by atoms with Crippen LogP contribution in [0.3, 0.4) is 0 Å². The number of nitrogens with zero attached hydrogens (tertiary/aromatic N) is 1. The molecule has 1 aromatic carbocycles. The van der Waals surface area contributed by atoms with Gasteiger partial charge < -0.3 is 9.15 Å². The molecule has 0 aliphatic carbocycles. The second-order valence-corrected chi connectivity index (χ2v) is 5.95. The van der Waals surface area contributed by atoms with Crippen LogP contribution in [-0.4, -0.2) is 23.5 Å². The number of halogens is 1. The van der Waals surface area contributed by atoms with Gasteiger partial charge in [0.25, 0.3) is 5.91 Å². The molecule has 0 radical (unpaired) electrons. The number of benzene rings is 1. The molecule has 0 spiro atoms. The third-order valence-corrected chi connectivity index (χ3v) is 4.18. The molecule has 3 aromatic rings. The maximum Gasteiger partial charge on any atom is 0.375 e. The van der Waals surface area contributed by atoms with Crippen LogP contribution in [-0.2, 0) is 9.53 Å². The minimum absolute atomic E-state index is 0.00957. The number of carbonyl (C=O) groups excluding carboxylic acids is 2. The SMILES string of the molecule is Cc1csc(NC(=O)COC(=O)c2oc3c(F)cccc3c2C)n1. The largest absolute Gasteiger partial charge is 0.450 e. The van der Waals surface area contributed by atoms with Gasteiger partial charge in [-0.25, -0.2) is 14.2 Å². The van der Waals surface area contributed by atoms with Gasteiger partial charge in [-0.05, 0) is 19.9 Å². The number of esters is 1. The molecule has 1 N–H and O–H groups in total. The van der Waals surface area contributed by atoms with Crippen molar-refractivity contribution in [2.75, 3.05) is 11.9 Å². The fourth-order valence-corrected chi connectivity index (χ4v) is 2.87. The summed E-state index contributed by atoms with van der Waals surface area (Å²) in [5.41, 5.74) is 1.24. The van der Waals surface area contributed by atoms with Crippen molar-refractivity contribution in [3.8, 4) is 0 Å². The first-order chi connectivity index (χ1) is 11.5. The van der Waals surface area contributed by atoms with Gasteiger partial charge >= 0.3 is 5.97 Å². The van der Waals surface area contributed by atoms with Crippen LogP contribution in [0.2, 0.25) is 0 Å². The summed E-state index contributed by atoms with van der Waals surface area (Å²) < 4.78 is 23.9. The van der Waals surface area contributed by atoms with E-state index < -0.39 is 24.3 Å². The zero-order valence-corrected chi connectivity index (χ0v) is 13.7. The van der Waals surface area contributed by atoms with Crippen molar-refractivity contribution in [2.45, 2.75) is 13.8 Å². The number of para-hydroxylation sites is 1. The number of nitrogens with one attached hydrogen (secondary N) is 1. The highest BCUT2D eigenvalue weighted by Gasteiger charge is 2.21. The summed E-state index contributed by atoms with van der Waals surface area (Å²) >= 11 is 1.27. The van der Waals surface area contributed by atoms with Gasteiger partial charge in [-0.2, -0.15) is 0 Å². The summed E-state index contributed by atoms with van der Waals surface area (Å²) in [7, 11) is 0. The summed E-state index contributed by atoms with van der Waals surface area (Å²) in [6.45, 7) is 2.94. The molecule has 2 aromatic heterocycles. The van der Waals surface area contributed by atoms with Crippen molar-refractivity contribution in [1.82, 2.24) is 4.98 Å². The standard InChI is InChI=1S/C16H13FN2O4S/c1-8-7-24-16(18-8)19-12(20)6-22-15(21)13-9(2)10-4-3-5-11(17)14(10)23-13/h3-5,7H,6H2,1-2H3,(H,18,19,20). The quantitative estimate of drug-likeness (QED) is 0.731. The number of aryl methyl sites for hydroxylation is 2. The van der Waals surface area contributed by atoms with E-state index in [-0.39, 0.29) is 11.3 Å². The summed E-state index contributed by atoms with van der Waals surface area (Å²) in [5, 5.41) is 5.22. The average molecular weight is 348 g/mol. The van der Waals surface area contributed by atoms with Crippen LogP contribution in [0.5, 0.6) is 0 Å². The number of rotatable bonds is 4. The molecule has 0 saturated heterocycles. The van der Waals surface area contributed by atoms with Gasteiger partial charge in [0.15, 0.2) is 23.1 Å². The highest BCUT2D eigenvalue weighted by Crippen LogP contribution is 2.27. The Balaban J connectivity index is 1.68. The van der Waals surface area contributed by atoms with Gasteiger partial charge in [0.1, 0.15) is 0 Å². The number of hydrogen-bond donors (Lipinski definition) is 1. The molecule has 2 heterocycles. The Hall–Kier alpha value is -2.74. The second kappa shape index (κ2) is 6.40. The van der Waals surface area contributed by atoms with Crippen molar-refractivity contribution in [2.24, 2.45) is 0 Å². The first-order valence-electron chi connectivity index (χ1n) is 7.02. The van der Waals surface area contributed by atoms with Crippen molar-refractivity contribution >= 4 is 39.3 Å².